The Balaban J connectivity index is 2.06. The molecule has 5 heteroatoms. The van der Waals surface area contributed by atoms with Gasteiger partial charge in [0.15, 0.2) is 4.27 Å². The van der Waals surface area contributed by atoms with Gasteiger partial charge in [-0.1, -0.05) is 0 Å². The Morgan fingerprint density at radius 1 is 1.50 bits per heavy atom. The summed E-state index contributed by atoms with van der Waals surface area (Å²) in [6.45, 7) is 0. The minimum Gasteiger partial charge on any atom is -0.356 e. The monoisotopic (exact) mass is 233 g/mol. The fourth-order valence-electron chi connectivity index (χ4n) is 1.87. The lowest BCUT2D eigenvalue weighted by atomic mass is 10.2. The van der Waals surface area contributed by atoms with E-state index in [0.717, 1.165) is 17.9 Å². The first-order valence-electron chi connectivity index (χ1n) is 4.89. The molecular formula is C9H15NO2S2. The molecule has 1 atom stereocenters. The smallest absolute Gasteiger partial charge is 0.220 e. The van der Waals surface area contributed by atoms with Crippen molar-refractivity contribution in [1.82, 2.24) is 5.32 Å². The SMILES string of the molecule is COC1(C2CCC(=O)N2)SCCCS1. The van der Waals surface area contributed by atoms with Crippen LogP contribution in [0.2, 0.25) is 0 Å². The average molecular weight is 233 g/mol. The van der Waals surface area contributed by atoms with Crippen molar-refractivity contribution >= 4 is 29.4 Å². The third-order valence-corrected chi connectivity index (χ3v) is 6.00. The molecule has 3 nitrogen and oxygen atoms in total. The van der Waals surface area contributed by atoms with Crippen molar-refractivity contribution in [2.24, 2.45) is 0 Å². The lowest BCUT2D eigenvalue weighted by molar-refractivity contribution is -0.119. The molecule has 1 N–H and O–H groups in total. The summed E-state index contributed by atoms with van der Waals surface area (Å²) in [5.41, 5.74) is 0. The van der Waals surface area contributed by atoms with Crippen LogP contribution in [-0.4, -0.2) is 34.8 Å². The highest BCUT2D eigenvalue weighted by Gasteiger charge is 2.45. The molecule has 80 valence electrons. The van der Waals surface area contributed by atoms with E-state index in [9.17, 15) is 4.79 Å². The number of rotatable bonds is 2. The maximum Gasteiger partial charge on any atom is 0.220 e. The van der Waals surface area contributed by atoms with Crippen molar-refractivity contribution < 1.29 is 9.53 Å². The van der Waals surface area contributed by atoms with Gasteiger partial charge in [0.05, 0.1) is 6.04 Å². The molecule has 0 aliphatic carbocycles. The second-order valence-corrected chi connectivity index (χ2v) is 6.38. The molecule has 2 fully saturated rings. The van der Waals surface area contributed by atoms with E-state index in [1.54, 1.807) is 7.11 Å². The molecule has 2 heterocycles. The van der Waals surface area contributed by atoms with E-state index in [-0.39, 0.29) is 16.2 Å². The number of nitrogens with one attached hydrogen (secondary N) is 1. The van der Waals surface area contributed by atoms with Crippen LogP contribution in [0.1, 0.15) is 19.3 Å². The number of carbonyl (C=O) groups is 1. The average Bonchev–Trinajstić information content (AvgIpc) is 2.66. The predicted octanol–water partition coefficient (Wildman–Crippen LogP) is 1.44. The summed E-state index contributed by atoms with van der Waals surface area (Å²) in [6.07, 6.45) is 2.80. The molecule has 2 aliphatic heterocycles. The lowest BCUT2D eigenvalue weighted by Gasteiger charge is -2.38. The first-order chi connectivity index (χ1) is 6.77. The van der Waals surface area contributed by atoms with Gasteiger partial charge < -0.3 is 10.1 Å². The van der Waals surface area contributed by atoms with Crippen LogP contribution in [-0.2, 0) is 9.53 Å². The highest BCUT2D eigenvalue weighted by molar-refractivity contribution is 8.18. The van der Waals surface area contributed by atoms with Crippen molar-refractivity contribution in [1.29, 1.82) is 0 Å². The molecule has 0 bridgehead atoms. The third-order valence-electron chi connectivity index (χ3n) is 2.60. The van der Waals surface area contributed by atoms with E-state index >= 15 is 0 Å². The molecule has 14 heavy (non-hydrogen) atoms. The van der Waals surface area contributed by atoms with Crippen molar-refractivity contribution in [3.63, 3.8) is 0 Å². The van der Waals surface area contributed by atoms with Crippen LogP contribution >= 0.6 is 23.5 Å². The fourth-order valence-corrected chi connectivity index (χ4v) is 5.02. The Labute approximate surface area is 92.7 Å². The van der Waals surface area contributed by atoms with Crippen LogP contribution < -0.4 is 5.32 Å². The minimum atomic E-state index is -0.218. The highest BCUT2D eigenvalue weighted by Crippen LogP contribution is 2.47. The van der Waals surface area contributed by atoms with Gasteiger partial charge in [0.1, 0.15) is 0 Å². The Morgan fingerprint density at radius 3 is 2.71 bits per heavy atom. The second-order valence-electron chi connectivity index (χ2n) is 3.52. The number of methoxy groups -OCH3 is 1. The van der Waals surface area contributed by atoms with Crippen LogP contribution in [0.3, 0.4) is 0 Å². The summed E-state index contributed by atoms with van der Waals surface area (Å²) in [7, 11) is 1.75. The maximum absolute atomic E-state index is 11.2. The first kappa shape index (κ1) is 10.6. The summed E-state index contributed by atoms with van der Waals surface area (Å²) in [4.78, 5) is 11.2. The van der Waals surface area contributed by atoms with E-state index in [2.05, 4.69) is 5.32 Å². The molecule has 0 aromatic heterocycles. The largest absolute Gasteiger partial charge is 0.356 e. The van der Waals surface area contributed by atoms with Crippen LogP contribution in [0.4, 0.5) is 0 Å². The molecule has 1 amide bonds. The topological polar surface area (TPSA) is 38.3 Å². The molecule has 0 radical (unpaired) electrons. The van der Waals surface area contributed by atoms with Gasteiger partial charge in [-0.2, -0.15) is 0 Å². The van der Waals surface area contributed by atoms with Crippen LogP contribution in [0.5, 0.6) is 0 Å². The molecule has 1 unspecified atom stereocenters. The van der Waals surface area contributed by atoms with Gasteiger partial charge in [0.25, 0.3) is 0 Å². The number of hydrogen-bond donors (Lipinski definition) is 1. The molecule has 0 spiro atoms. The molecule has 0 saturated carbocycles. The van der Waals surface area contributed by atoms with Gasteiger partial charge in [-0.3, -0.25) is 4.79 Å². The zero-order chi connectivity index (χ0) is 10.0. The number of thioether (sulfide) groups is 2. The standard InChI is InChI=1S/C9H15NO2S2/c1-12-9(13-5-2-6-14-9)7-3-4-8(11)10-7/h7H,2-6H2,1H3,(H,10,11). The van der Waals surface area contributed by atoms with Gasteiger partial charge in [0, 0.05) is 13.5 Å². The Morgan fingerprint density at radius 2 is 2.21 bits per heavy atom. The van der Waals surface area contributed by atoms with Crippen LogP contribution in [0.15, 0.2) is 0 Å². The van der Waals surface area contributed by atoms with E-state index in [1.807, 2.05) is 23.5 Å². The third kappa shape index (κ3) is 1.90. The summed E-state index contributed by atoms with van der Waals surface area (Å²) in [5, 5.41) is 3.01. The van der Waals surface area contributed by atoms with Gasteiger partial charge in [-0.25, -0.2) is 0 Å². The normalized spacial score (nSPS) is 31.5. The maximum atomic E-state index is 11.2. The van der Waals surface area contributed by atoms with Crippen LogP contribution in [0, 0.1) is 0 Å². The number of hydrogen-bond acceptors (Lipinski definition) is 4. The van der Waals surface area contributed by atoms with Gasteiger partial charge >= 0.3 is 0 Å². The lowest BCUT2D eigenvalue weighted by Crippen LogP contribution is -2.46. The second kappa shape index (κ2) is 4.33. The molecular weight excluding hydrogens is 218 g/mol. The first-order valence-corrected chi connectivity index (χ1v) is 6.86. The summed E-state index contributed by atoms with van der Waals surface area (Å²) >= 11 is 3.67. The minimum absolute atomic E-state index is 0.165. The Kier molecular flexibility index (Phi) is 3.29. The molecule has 2 aliphatic rings. The van der Waals surface area contributed by atoms with Crippen LogP contribution in [0.25, 0.3) is 0 Å². The number of amides is 1. The Hall–Kier alpha value is 0.130. The van der Waals surface area contributed by atoms with Gasteiger partial charge in [0.2, 0.25) is 5.91 Å². The van der Waals surface area contributed by atoms with Crippen molar-refractivity contribution in [2.75, 3.05) is 18.6 Å². The van der Waals surface area contributed by atoms with Gasteiger partial charge in [-0.15, -0.1) is 23.5 Å². The summed E-state index contributed by atoms with van der Waals surface area (Å²) in [5.74, 6) is 2.43. The molecule has 0 aromatic rings. The number of carbonyl (C=O) groups excluding carboxylic acids is 1. The zero-order valence-corrected chi connectivity index (χ0v) is 9.88. The molecule has 2 saturated heterocycles. The molecule has 0 aromatic carbocycles. The van der Waals surface area contributed by atoms with E-state index in [0.29, 0.717) is 6.42 Å². The van der Waals surface area contributed by atoms with Gasteiger partial charge in [-0.05, 0) is 24.3 Å². The van der Waals surface area contributed by atoms with Crippen molar-refractivity contribution in [3.8, 4) is 0 Å². The highest BCUT2D eigenvalue weighted by atomic mass is 32.2. The molecule has 2 rings (SSSR count). The number of ether oxygens (including phenoxy) is 1. The van der Waals surface area contributed by atoms with E-state index in [1.165, 1.54) is 6.42 Å². The van der Waals surface area contributed by atoms with E-state index < -0.39 is 0 Å². The van der Waals surface area contributed by atoms with E-state index in [4.69, 9.17) is 4.74 Å². The zero-order valence-electron chi connectivity index (χ0n) is 8.25. The fraction of sp³-hybridized carbons (Fsp3) is 0.889. The quantitative estimate of drug-likeness (QED) is 0.783. The Bertz CT molecular complexity index is 229. The summed E-state index contributed by atoms with van der Waals surface area (Å²) < 4.78 is 5.40. The summed E-state index contributed by atoms with van der Waals surface area (Å²) in [6, 6.07) is 0.190. The van der Waals surface area contributed by atoms with Crippen molar-refractivity contribution in [3.05, 3.63) is 0 Å². The van der Waals surface area contributed by atoms with Crippen molar-refractivity contribution in [2.45, 2.75) is 29.6 Å². The predicted molar refractivity (Wildman–Crippen MR) is 60.4 cm³/mol.